The van der Waals surface area contributed by atoms with E-state index < -0.39 is 0 Å². The molecule has 0 saturated heterocycles. The summed E-state index contributed by atoms with van der Waals surface area (Å²) in [6.45, 7) is 15.7. The van der Waals surface area contributed by atoms with Gasteiger partial charge in [-0.05, 0) is 53.9 Å². The fourth-order valence-electron chi connectivity index (χ4n) is 2.48. The Morgan fingerprint density at radius 2 is 1.70 bits per heavy atom. The van der Waals surface area contributed by atoms with Crippen LogP contribution in [0.3, 0.4) is 0 Å². The van der Waals surface area contributed by atoms with Crippen molar-refractivity contribution in [3.8, 4) is 0 Å². The highest BCUT2D eigenvalue weighted by molar-refractivity contribution is 14.0. The topological polar surface area (TPSA) is 48.9 Å². The van der Waals surface area contributed by atoms with Gasteiger partial charge in [-0.25, -0.2) is 0 Å². The van der Waals surface area contributed by atoms with Crippen molar-refractivity contribution in [3.05, 3.63) is 0 Å². The number of unbranched alkanes of at least 4 members (excludes halogenated alkanes) is 2. The van der Waals surface area contributed by atoms with Crippen LogP contribution in [0.1, 0.15) is 53.9 Å². The van der Waals surface area contributed by atoms with Crippen molar-refractivity contribution in [1.29, 1.82) is 0 Å². The molecule has 0 aliphatic rings. The highest BCUT2D eigenvalue weighted by Gasteiger charge is 2.12. The molecule has 0 aliphatic heterocycles. The van der Waals surface area contributed by atoms with Gasteiger partial charge in [0, 0.05) is 52.0 Å². The molecule has 0 saturated carbocycles. The molecular weight excluding hydrogens is 403 g/mol. The SMILES string of the molecule is CCNC(=NCCCCCOC)NCCN(C(C)C)C(C)C.I. The van der Waals surface area contributed by atoms with Crippen LogP contribution in [0.25, 0.3) is 0 Å². The molecule has 0 aromatic carbocycles. The van der Waals surface area contributed by atoms with E-state index in [9.17, 15) is 0 Å². The average molecular weight is 442 g/mol. The third kappa shape index (κ3) is 14.0. The van der Waals surface area contributed by atoms with Gasteiger partial charge in [0.1, 0.15) is 0 Å². The first-order valence-electron chi connectivity index (χ1n) is 8.79. The summed E-state index contributed by atoms with van der Waals surface area (Å²) in [5.41, 5.74) is 0. The van der Waals surface area contributed by atoms with Crippen LogP contribution in [0.2, 0.25) is 0 Å². The van der Waals surface area contributed by atoms with Crippen LogP contribution in [0, 0.1) is 0 Å². The van der Waals surface area contributed by atoms with E-state index in [-0.39, 0.29) is 24.0 Å². The number of aliphatic imine (C=N–C) groups is 1. The number of rotatable bonds is 12. The second-order valence-corrected chi connectivity index (χ2v) is 6.17. The van der Waals surface area contributed by atoms with Gasteiger partial charge >= 0.3 is 0 Å². The van der Waals surface area contributed by atoms with Crippen LogP contribution < -0.4 is 10.6 Å². The lowest BCUT2D eigenvalue weighted by atomic mass is 10.2. The zero-order valence-corrected chi connectivity index (χ0v) is 18.4. The second-order valence-electron chi connectivity index (χ2n) is 6.17. The van der Waals surface area contributed by atoms with Crippen LogP contribution >= 0.6 is 24.0 Å². The maximum absolute atomic E-state index is 5.06. The molecule has 0 atom stereocenters. The molecule has 0 rings (SSSR count). The Hall–Kier alpha value is -0.0800. The van der Waals surface area contributed by atoms with Crippen molar-refractivity contribution in [2.45, 2.75) is 66.0 Å². The Kier molecular flexibility index (Phi) is 18.3. The third-order valence-corrected chi connectivity index (χ3v) is 3.61. The van der Waals surface area contributed by atoms with Crippen molar-refractivity contribution in [2.24, 2.45) is 4.99 Å². The second kappa shape index (κ2) is 16.8. The van der Waals surface area contributed by atoms with E-state index in [0.717, 1.165) is 51.6 Å². The molecule has 0 radical (unpaired) electrons. The largest absolute Gasteiger partial charge is 0.385 e. The van der Waals surface area contributed by atoms with E-state index in [0.29, 0.717) is 12.1 Å². The number of ether oxygens (including phenoxy) is 1. The summed E-state index contributed by atoms with van der Waals surface area (Å²) in [5.74, 6) is 0.932. The molecule has 0 fully saturated rings. The van der Waals surface area contributed by atoms with Crippen LogP contribution in [-0.2, 0) is 4.74 Å². The van der Waals surface area contributed by atoms with Crippen molar-refractivity contribution in [3.63, 3.8) is 0 Å². The number of nitrogens with one attached hydrogen (secondary N) is 2. The van der Waals surface area contributed by atoms with E-state index in [1.165, 1.54) is 6.42 Å². The zero-order chi connectivity index (χ0) is 16.8. The Labute approximate surface area is 161 Å². The lowest BCUT2D eigenvalue weighted by Crippen LogP contribution is -2.45. The van der Waals surface area contributed by atoms with Crippen molar-refractivity contribution >= 4 is 29.9 Å². The van der Waals surface area contributed by atoms with Gasteiger partial charge in [0.2, 0.25) is 0 Å². The summed E-state index contributed by atoms with van der Waals surface area (Å²) < 4.78 is 5.06. The Morgan fingerprint density at radius 1 is 1.04 bits per heavy atom. The normalized spacial score (nSPS) is 12.0. The van der Waals surface area contributed by atoms with Gasteiger partial charge in [-0.15, -0.1) is 24.0 Å². The predicted octanol–water partition coefficient (Wildman–Crippen LogP) is 3.10. The summed E-state index contributed by atoms with van der Waals surface area (Å²) in [6, 6.07) is 1.14. The van der Waals surface area contributed by atoms with Crippen molar-refractivity contribution < 1.29 is 4.74 Å². The van der Waals surface area contributed by atoms with Crippen LogP contribution in [-0.4, -0.2) is 62.8 Å². The summed E-state index contributed by atoms with van der Waals surface area (Å²) >= 11 is 0. The summed E-state index contributed by atoms with van der Waals surface area (Å²) in [6.07, 6.45) is 3.41. The molecule has 0 spiro atoms. The number of hydrogen-bond acceptors (Lipinski definition) is 3. The van der Waals surface area contributed by atoms with Gasteiger partial charge in [0.05, 0.1) is 0 Å². The monoisotopic (exact) mass is 442 g/mol. The molecule has 0 unspecified atom stereocenters. The molecule has 2 N–H and O–H groups in total. The molecule has 6 heteroatoms. The third-order valence-electron chi connectivity index (χ3n) is 3.61. The molecule has 0 heterocycles. The van der Waals surface area contributed by atoms with Gasteiger partial charge in [0.15, 0.2) is 5.96 Å². The predicted molar refractivity (Wildman–Crippen MR) is 112 cm³/mol. The first kappa shape index (κ1) is 25.2. The van der Waals surface area contributed by atoms with E-state index in [2.05, 4.69) is 55.1 Å². The number of methoxy groups -OCH3 is 1. The molecular formula is C17H39IN4O. The minimum Gasteiger partial charge on any atom is -0.385 e. The van der Waals surface area contributed by atoms with E-state index in [4.69, 9.17) is 4.74 Å². The standard InChI is InChI=1S/C17H38N4O.HI/c1-7-18-17(19-11-9-8-10-14-22-6)20-12-13-21(15(2)3)16(4)5;/h15-16H,7-14H2,1-6H3,(H2,18,19,20);1H. The Balaban J connectivity index is 0. The maximum atomic E-state index is 5.06. The smallest absolute Gasteiger partial charge is 0.191 e. The van der Waals surface area contributed by atoms with Crippen LogP contribution in [0.5, 0.6) is 0 Å². The Bertz CT molecular complexity index is 278. The first-order chi connectivity index (χ1) is 10.5. The fourth-order valence-corrected chi connectivity index (χ4v) is 2.48. The minimum atomic E-state index is 0. The van der Waals surface area contributed by atoms with Gasteiger partial charge < -0.3 is 15.4 Å². The van der Waals surface area contributed by atoms with Gasteiger partial charge in [-0.2, -0.15) is 0 Å². The number of guanidine groups is 1. The van der Waals surface area contributed by atoms with Crippen molar-refractivity contribution in [1.82, 2.24) is 15.5 Å². The fraction of sp³-hybridized carbons (Fsp3) is 0.941. The minimum absolute atomic E-state index is 0. The van der Waals surface area contributed by atoms with Crippen LogP contribution in [0.15, 0.2) is 4.99 Å². The van der Waals surface area contributed by atoms with E-state index in [1.54, 1.807) is 7.11 Å². The van der Waals surface area contributed by atoms with Gasteiger partial charge in [-0.3, -0.25) is 9.89 Å². The molecule has 5 nitrogen and oxygen atoms in total. The molecule has 23 heavy (non-hydrogen) atoms. The first-order valence-corrected chi connectivity index (χ1v) is 8.79. The number of nitrogens with zero attached hydrogens (tertiary/aromatic N) is 2. The summed E-state index contributed by atoms with van der Waals surface area (Å²) in [7, 11) is 1.75. The summed E-state index contributed by atoms with van der Waals surface area (Å²) in [4.78, 5) is 7.12. The van der Waals surface area contributed by atoms with E-state index in [1.807, 2.05) is 0 Å². The summed E-state index contributed by atoms with van der Waals surface area (Å²) in [5, 5.41) is 6.75. The number of halogens is 1. The highest BCUT2D eigenvalue weighted by Crippen LogP contribution is 2.03. The molecule has 0 aromatic heterocycles. The molecule has 0 amide bonds. The van der Waals surface area contributed by atoms with Crippen LogP contribution in [0.4, 0.5) is 0 Å². The maximum Gasteiger partial charge on any atom is 0.191 e. The van der Waals surface area contributed by atoms with E-state index >= 15 is 0 Å². The zero-order valence-electron chi connectivity index (χ0n) is 16.0. The quantitative estimate of drug-likeness (QED) is 0.211. The highest BCUT2D eigenvalue weighted by atomic mass is 127. The molecule has 0 aromatic rings. The molecule has 140 valence electrons. The Morgan fingerprint density at radius 3 is 2.22 bits per heavy atom. The molecule has 0 aliphatic carbocycles. The van der Waals surface area contributed by atoms with Crippen molar-refractivity contribution in [2.75, 3.05) is 39.9 Å². The molecule has 0 bridgehead atoms. The van der Waals surface area contributed by atoms with Gasteiger partial charge in [-0.1, -0.05) is 0 Å². The lowest BCUT2D eigenvalue weighted by molar-refractivity contribution is 0.178. The van der Waals surface area contributed by atoms with Gasteiger partial charge in [0.25, 0.3) is 0 Å². The number of hydrogen-bond donors (Lipinski definition) is 2. The lowest BCUT2D eigenvalue weighted by Gasteiger charge is -2.30. The average Bonchev–Trinajstić information content (AvgIpc) is 2.46.